The van der Waals surface area contributed by atoms with Gasteiger partial charge in [-0.3, -0.25) is 4.79 Å². The molecule has 0 amide bonds. The van der Waals surface area contributed by atoms with Gasteiger partial charge in [-0.05, 0) is 43.2 Å². The van der Waals surface area contributed by atoms with Crippen LogP contribution in [-0.4, -0.2) is 11.3 Å². The van der Waals surface area contributed by atoms with Crippen molar-refractivity contribution in [2.24, 2.45) is 5.73 Å². The summed E-state index contributed by atoms with van der Waals surface area (Å²) in [7, 11) is 0. The van der Waals surface area contributed by atoms with E-state index in [1.807, 2.05) is 12.1 Å². The Hall–Kier alpha value is -1.15. The molecule has 2 aliphatic rings. The third-order valence-electron chi connectivity index (χ3n) is 4.90. The molecular formula is C17H23NO. The van der Waals surface area contributed by atoms with E-state index in [1.165, 1.54) is 37.7 Å². The van der Waals surface area contributed by atoms with Gasteiger partial charge >= 0.3 is 0 Å². The van der Waals surface area contributed by atoms with Gasteiger partial charge in [-0.25, -0.2) is 0 Å². The molecule has 2 saturated carbocycles. The molecule has 102 valence electrons. The molecule has 2 nitrogen and oxygen atoms in total. The number of ketones is 1. The minimum Gasteiger partial charge on any atom is -0.325 e. The third kappa shape index (κ3) is 2.74. The van der Waals surface area contributed by atoms with Crippen molar-refractivity contribution < 1.29 is 4.79 Å². The first kappa shape index (κ1) is 12.9. The molecule has 0 saturated heterocycles. The van der Waals surface area contributed by atoms with E-state index in [0.29, 0.717) is 12.3 Å². The highest BCUT2D eigenvalue weighted by molar-refractivity contribution is 5.97. The number of nitrogens with two attached hydrogens (primary N) is 1. The predicted octanol–water partition coefficient (Wildman–Crippen LogP) is 3.80. The number of carbonyl (C=O) groups is 1. The Labute approximate surface area is 115 Å². The van der Waals surface area contributed by atoms with Crippen molar-refractivity contribution in [2.75, 3.05) is 0 Å². The van der Waals surface area contributed by atoms with Gasteiger partial charge in [0, 0.05) is 17.5 Å². The van der Waals surface area contributed by atoms with Crippen LogP contribution in [0.15, 0.2) is 24.3 Å². The minimum atomic E-state index is -0.233. The van der Waals surface area contributed by atoms with Gasteiger partial charge in [0.05, 0.1) is 0 Å². The van der Waals surface area contributed by atoms with Gasteiger partial charge in [-0.1, -0.05) is 37.5 Å². The molecule has 0 radical (unpaired) electrons. The molecule has 0 aromatic heterocycles. The standard InChI is InChI=1S/C17H23NO/c18-17(9-1-2-10-17)12-16(19)15-8-4-7-14(11-15)13-5-3-6-13/h4,7-8,11,13H,1-3,5-6,9-10,12,18H2. The minimum absolute atomic E-state index is 0.227. The molecular weight excluding hydrogens is 234 g/mol. The molecule has 0 bridgehead atoms. The molecule has 2 fully saturated rings. The average molecular weight is 257 g/mol. The zero-order chi connectivity index (χ0) is 13.3. The van der Waals surface area contributed by atoms with E-state index in [2.05, 4.69) is 12.1 Å². The predicted molar refractivity (Wildman–Crippen MR) is 77.4 cm³/mol. The molecule has 2 heteroatoms. The Morgan fingerprint density at radius 1 is 1.21 bits per heavy atom. The molecule has 2 aliphatic carbocycles. The first-order valence-corrected chi connectivity index (χ1v) is 7.58. The van der Waals surface area contributed by atoms with Gasteiger partial charge in [0.25, 0.3) is 0 Å². The lowest BCUT2D eigenvalue weighted by molar-refractivity contribution is 0.0952. The fourth-order valence-electron chi connectivity index (χ4n) is 3.39. The van der Waals surface area contributed by atoms with E-state index < -0.39 is 0 Å². The van der Waals surface area contributed by atoms with Crippen molar-refractivity contribution >= 4 is 5.78 Å². The summed E-state index contributed by atoms with van der Waals surface area (Å²) in [5.41, 5.74) is 8.28. The molecule has 0 atom stereocenters. The van der Waals surface area contributed by atoms with Crippen molar-refractivity contribution in [1.29, 1.82) is 0 Å². The fourth-order valence-corrected chi connectivity index (χ4v) is 3.39. The average Bonchev–Trinajstić information content (AvgIpc) is 2.74. The molecule has 3 rings (SSSR count). The van der Waals surface area contributed by atoms with Crippen molar-refractivity contribution in [3.8, 4) is 0 Å². The summed E-state index contributed by atoms with van der Waals surface area (Å²) >= 11 is 0. The molecule has 0 aliphatic heterocycles. The summed E-state index contributed by atoms with van der Waals surface area (Å²) in [6.45, 7) is 0. The summed E-state index contributed by atoms with van der Waals surface area (Å²) < 4.78 is 0. The molecule has 2 N–H and O–H groups in total. The maximum absolute atomic E-state index is 12.4. The Morgan fingerprint density at radius 3 is 2.58 bits per heavy atom. The smallest absolute Gasteiger partial charge is 0.164 e. The highest BCUT2D eigenvalue weighted by Gasteiger charge is 2.32. The summed E-state index contributed by atoms with van der Waals surface area (Å²) in [5.74, 6) is 0.914. The number of benzene rings is 1. The Kier molecular flexibility index (Phi) is 3.44. The van der Waals surface area contributed by atoms with Gasteiger partial charge in [0.1, 0.15) is 0 Å². The highest BCUT2D eigenvalue weighted by atomic mass is 16.1. The SMILES string of the molecule is NC1(CC(=O)c2cccc(C3CCC3)c2)CCCC1. The van der Waals surface area contributed by atoms with Crippen LogP contribution in [0.2, 0.25) is 0 Å². The molecule has 0 heterocycles. The van der Waals surface area contributed by atoms with Crippen LogP contribution in [0.25, 0.3) is 0 Å². The summed E-state index contributed by atoms with van der Waals surface area (Å²) in [4.78, 5) is 12.4. The maximum Gasteiger partial charge on any atom is 0.164 e. The number of hydrogen-bond acceptors (Lipinski definition) is 2. The maximum atomic E-state index is 12.4. The van der Waals surface area contributed by atoms with E-state index in [9.17, 15) is 4.79 Å². The van der Waals surface area contributed by atoms with Crippen LogP contribution in [0, 0.1) is 0 Å². The lowest BCUT2D eigenvalue weighted by Gasteiger charge is -2.26. The first-order valence-electron chi connectivity index (χ1n) is 7.58. The summed E-state index contributed by atoms with van der Waals surface area (Å²) in [6.07, 6.45) is 8.74. The second-order valence-corrected chi connectivity index (χ2v) is 6.42. The second kappa shape index (κ2) is 5.09. The lowest BCUT2D eigenvalue weighted by Crippen LogP contribution is -2.38. The van der Waals surface area contributed by atoms with Gasteiger partial charge in [-0.2, -0.15) is 0 Å². The van der Waals surface area contributed by atoms with Crippen molar-refractivity contribution in [3.63, 3.8) is 0 Å². The number of hydrogen-bond donors (Lipinski definition) is 1. The number of Topliss-reactive ketones (excluding diaryl/α,β-unsaturated/α-hetero) is 1. The van der Waals surface area contributed by atoms with Gasteiger partial charge in [0.15, 0.2) is 5.78 Å². The van der Waals surface area contributed by atoms with E-state index in [4.69, 9.17) is 5.73 Å². The second-order valence-electron chi connectivity index (χ2n) is 6.42. The Morgan fingerprint density at radius 2 is 1.95 bits per heavy atom. The van der Waals surface area contributed by atoms with Crippen molar-refractivity contribution in [3.05, 3.63) is 35.4 Å². The molecule has 1 aromatic rings. The summed E-state index contributed by atoms with van der Waals surface area (Å²) in [5, 5.41) is 0. The topological polar surface area (TPSA) is 43.1 Å². The van der Waals surface area contributed by atoms with Crippen molar-refractivity contribution in [2.45, 2.75) is 62.8 Å². The van der Waals surface area contributed by atoms with Crippen LogP contribution >= 0.6 is 0 Å². The van der Waals surface area contributed by atoms with Crippen LogP contribution in [-0.2, 0) is 0 Å². The number of carbonyl (C=O) groups excluding carboxylic acids is 1. The Balaban J connectivity index is 1.72. The molecule has 1 aromatic carbocycles. The van der Waals surface area contributed by atoms with Crippen LogP contribution in [0.3, 0.4) is 0 Å². The number of rotatable bonds is 4. The van der Waals surface area contributed by atoms with E-state index in [-0.39, 0.29) is 11.3 Å². The van der Waals surface area contributed by atoms with E-state index in [0.717, 1.165) is 18.4 Å². The zero-order valence-corrected chi connectivity index (χ0v) is 11.5. The molecule has 0 unspecified atom stereocenters. The normalized spacial score (nSPS) is 22.2. The van der Waals surface area contributed by atoms with Crippen LogP contribution in [0.5, 0.6) is 0 Å². The van der Waals surface area contributed by atoms with Crippen LogP contribution < -0.4 is 5.73 Å². The van der Waals surface area contributed by atoms with Gasteiger partial charge in [-0.15, -0.1) is 0 Å². The van der Waals surface area contributed by atoms with Gasteiger partial charge in [0.2, 0.25) is 0 Å². The summed E-state index contributed by atoms with van der Waals surface area (Å²) in [6, 6.07) is 8.24. The Bertz CT molecular complexity index is 470. The van der Waals surface area contributed by atoms with Crippen LogP contribution in [0.4, 0.5) is 0 Å². The van der Waals surface area contributed by atoms with Gasteiger partial charge < -0.3 is 5.73 Å². The monoisotopic (exact) mass is 257 g/mol. The lowest BCUT2D eigenvalue weighted by atomic mass is 9.79. The fraction of sp³-hybridized carbons (Fsp3) is 0.588. The van der Waals surface area contributed by atoms with Crippen molar-refractivity contribution in [1.82, 2.24) is 0 Å². The third-order valence-corrected chi connectivity index (χ3v) is 4.90. The van der Waals surface area contributed by atoms with Crippen LogP contribution in [0.1, 0.15) is 73.2 Å². The first-order chi connectivity index (χ1) is 9.16. The highest BCUT2D eigenvalue weighted by Crippen LogP contribution is 2.37. The zero-order valence-electron chi connectivity index (χ0n) is 11.5. The molecule has 0 spiro atoms. The quantitative estimate of drug-likeness (QED) is 0.834. The molecule has 19 heavy (non-hydrogen) atoms. The largest absolute Gasteiger partial charge is 0.325 e. The van der Waals surface area contributed by atoms with E-state index >= 15 is 0 Å². The van der Waals surface area contributed by atoms with E-state index in [1.54, 1.807) is 0 Å².